The van der Waals surface area contributed by atoms with Gasteiger partial charge in [0.05, 0.1) is 6.10 Å². The number of nitrogens with two attached hydrogens (primary N) is 1. The Morgan fingerprint density at radius 2 is 2.14 bits per heavy atom. The van der Waals surface area contributed by atoms with E-state index in [0.29, 0.717) is 0 Å². The van der Waals surface area contributed by atoms with E-state index in [9.17, 15) is 4.79 Å². The Morgan fingerprint density at radius 3 is 2.71 bits per heavy atom. The SMILES string of the molecule is CC(C)OC(=O)OC1CCCC(N)C1. The number of rotatable bonds is 2. The van der Waals surface area contributed by atoms with Gasteiger partial charge < -0.3 is 15.2 Å². The summed E-state index contributed by atoms with van der Waals surface area (Å²) < 4.78 is 10.0. The lowest BCUT2D eigenvalue weighted by molar-refractivity contribution is -0.00514. The second-order valence-electron chi connectivity index (χ2n) is 4.08. The smallest absolute Gasteiger partial charge is 0.432 e. The van der Waals surface area contributed by atoms with Crippen LogP contribution in [-0.4, -0.2) is 24.4 Å². The third-order valence-corrected chi connectivity index (χ3v) is 2.26. The highest BCUT2D eigenvalue weighted by molar-refractivity contribution is 5.60. The van der Waals surface area contributed by atoms with Crippen molar-refractivity contribution in [3.05, 3.63) is 0 Å². The highest BCUT2D eigenvalue weighted by Gasteiger charge is 2.23. The van der Waals surface area contributed by atoms with Crippen molar-refractivity contribution in [2.75, 3.05) is 0 Å². The molecule has 0 saturated heterocycles. The molecule has 0 heterocycles. The van der Waals surface area contributed by atoms with Crippen LogP contribution >= 0.6 is 0 Å². The summed E-state index contributed by atoms with van der Waals surface area (Å²) >= 11 is 0. The lowest BCUT2D eigenvalue weighted by Crippen LogP contribution is -2.33. The van der Waals surface area contributed by atoms with Crippen LogP contribution in [0.25, 0.3) is 0 Å². The standard InChI is InChI=1S/C10H19NO3/c1-7(2)13-10(12)14-9-5-3-4-8(11)6-9/h7-9H,3-6,11H2,1-2H3. The molecule has 1 saturated carbocycles. The average molecular weight is 201 g/mol. The van der Waals surface area contributed by atoms with Crippen LogP contribution in [0.1, 0.15) is 39.5 Å². The zero-order chi connectivity index (χ0) is 10.6. The Morgan fingerprint density at radius 1 is 1.43 bits per heavy atom. The molecule has 0 bridgehead atoms. The summed E-state index contributed by atoms with van der Waals surface area (Å²) in [6.45, 7) is 3.60. The normalized spacial score (nSPS) is 27.4. The fraction of sp³-hybridized carbons (Fsp3) is 0.900. The minimum absolute atomic E-state index is 0.0509. The van der Waals surface area contributed by atoms with Gasteiger partial charge in [0.2, 0.25) is 0 Å². The quantitative estimate of drug-likeness (QED) is 0.692. The molecule has 1 rings (SSSR count). The van der Waals surface area contributed by atoms with Crippen molar-refractivity contribution >= 4 is 6.16 Å². The molecule has 0 radical (unpaired) electrons. The van der Waals surface area contributed by atoms with Gasteiger partial charge in [-0.05, 0) is 39.5 Å². The first kappa shape index (κ1) is 11.3. The maximum absolute atomic E-state index is 11.1. The fourth-order valence-corrected chi connectivity index (χ4v) is 1.64. The van der Waals surface area contributed by atoms with Gasteiger partial charge in [0, 0.05) is 6.04 Å². The van der Waals surface area contributed by atoms with Crippen LogP contribution in [0.3, 0.4) is 0 Å². The Hall–Kier alpha value is -0.770. The van der Waals surface area contributed by atoms with Gasteiger partial charge in [0.1, 0.15) is 6.10 Å². The summed E-state index contributed by atoms with van der Waals surface area (Å²) in [5.41, 5.74) is 5.77. The van der Waals surface area contributed by atoms with Crippen LogP contribution in [0.5, 0.6) is 0 Å². The Balaban J connectivity index is 2.25. The van der Waals surface area contributed by atoms with Gasteiger partial charge >= 0.3 is 6.16 Å². The van der Waals surface area contributed by atoms with E-state index in [-0.39, 0.29) is 18.2 Å². The van der Waals surface area contributed by atoms with Crippen LogP contribution in [0.4, 0.5) is 4.79 Å². The predicted octanol–water partition coefficient (Wildman–Crippen LogP) is 1.82. The van der Waals surface area contributed by atoms with Gasteiger partial charge in [0.25, 0.3) is 0 Å². The van der Waals surface area contributed by atoms with E-state index in [1.807, 2.05) is 0 Å². The first-order chi connectivity index (χ1) is 6.58. The Labute approximate surface area is 84.7 Å². The summed E-state index contributed by atoms with van der Waals surface area (Å²) in [5.74, 6) is 0. The topological polar surface area (TPSA) is 61.5 Å². The summed E-state index contributed by atoms with van der Waals surface area (Å²) in [5, 5.41) is 0. The van der Waals surface area contributed by atoms with Gasteiger partial charge in [-0.2, -0.15) is 0 Å². The van der Waals surface area contributed by atoms with Gasteiger partial charge in [-0.25, -0.2) is 4.79 Å². The van der Waals surface area contributed by atoms with E-state index in [1.54, 1.807) is 13.8 Å². The molecule has 1 fully saturated rings. The molecule has 14 heavy (non-hydrogen) atoms. The molecular formula is C10H19NO3. The summed E-state index contributed by atoms with van der Waals surface area (Å²) in [6.07, 6.45) is 2.97. The van der Waals surface area contributed by atoms with Crippen molar-refractivity contribution in [1.29, 1.82) is 0 Å². The fourth-order valence-electron chi connectivity index (χ4n) is 1.64. The Kier molecular flexibility index (Phi) is 4.20. The Bertz CT molecular complexity index is 194. The van der Waals surface area contributed by atoms with E-state index in [1.165, 1.54) is 0 Å². The molecule has 0 aromatic carbocycles. The van der Waals surface area contributed by atoms with E-state index in [4.69, 9.17) is 15.2 Å². The lowest BCUT2D eigenvalue weighted by atomic mass is 9.94. The van der Waals surface area contributed by atoms with Crippen LogP contribution in [0, 0.1) is 0 Å². The molecule has 0 aromatic heterocycles. The molecule has 4 nitrogen and oxygen atoms in total. The van der Waals surface area contributed by atoms with Gasteiger partial charge in [-0.1, -0.05) is 0 Å². The second kappa shape index (κ2) is 5.20. The minimum Gasteiger partial charge on any atom is -0.432 e. The van der Waals surface area contributed by atoms with Crippen molar-refractivity contribution in [1.82, 2.24) is 0 Å². The number of carbonyl (C=O) groups excluding carboxylic acids is 1. The molecular weight excluding hydrogens is 182 g/mol. The molecule has 0 amide bonds. The summed E-state index contributed by atoms with van der Waals surface area (Å²) in [4.78, 5) is 11.1. The highest BCUT2D eigenvalue weighted by Crippen LogP contribution is 2.20. The zero-order valence-electron chi connectivity index (χ0n) is 8.86. The van der Waals surface area contributed by atoms with E-state index >= 15 is 0 Å². The number of carbonyl (C=O) groups is 1. The molecule has 0 spiro atoms. The van der Waals surface area contributed by atoms with Crippen LogP contribution in [-0.2, 0) is 9.47 Å². The molecule has 2 atom stereocenters. The predicted molar refractivity (Wildman–Crippen MR) is 52.9 cm³/mol. The molecule has 0 aromatic rings. The monoisotopic (exact) mass is 201 g/mol. The van der Waals surface area contributed by atoms with E-state index < -0.39 is 6.16 Å². The molecule has 1 aliphatic carbocycles. The van der Waals surface area contributed by atoms with E-state index in [0.717, 1.165) is 25.7 Å². The van der Waals surface area contributed by atoms with Crippen molar-refractivity contribution in [2.24, 2.45) is 5.73 Å². The van der Waals surface area contributed by atoms with Gasteiger partial charge in [0.15, 0.2) is 0 Å². The summed E-state index contributed by atoms with van der Waals surface area (Å²) in [6, 6.07) is 0.167. The maximum Gasteiger partial charge on any atom is 0.508 e. The van der Waals surface area contributed by atoms with Crippen molar-refractivity contribution in [2.45, 2.75) is 57.8 Å². The first-order valence-electron chi connectivity index (χ1n) is 5.20. The molecule has 1 aliphatic rings. The van der Waals surface area contributed by atoms with E-state index in [2.05, 4.69) is 0 Å². The van der Waals surface area contributed by atoms with Crippen molar-refractivity contribution < 1.29 is 14.3 Å². The molecule has 4 heteroatoms. The van der Waals surface area contributed by atoms with Crippen LogP contribution in [0.15, 0.2) is 0 Å². The maximum atomic E-state index is 11.1. The van der Waals surface area contributed by atoms with Gasteiger partial charge in [-0.3, -0.25) is 0 Å². The highest BCUT2D eigenvalue weighted by atomic mass is 16.7. The molecule has 82 valence electrons. The molecule has 2 N–H and O–H groups in total. The first-order valence-corrected chi connectivity index (χ1v) is 5.20. The minimum atomic E-state index is -0.570. The number of hydrogen-bond acceptors (Lipinski definition) is 4. The van der Waals surface area contributed by atoms with Crippen molar-refractivity contribution in [3.63, 3.8) is 0 Å². The number of ether oxygens (including phenoxy) is 2. The summed E-state index contributed by atoms with van der Waals surface area (Å²) in [7, 11) is 0. The number of hydrogen-bond donors (Lipinski definition) is 1. The third kappa shape index (κ3) is 3.96. The van der Waals surface area contributed by atoms with Crippen LogP contribution in [0.2, 0.25) is 0 Å². The lowest BCUT2D eigenvalue weighted by Gasteiger charge is -2.26. The zero-order valence-corrected chi connectivity index (χ0v) is 8.86. The van der Waals surface area contributed by atoms with Crippen molar-refractivity contribution in [3.8, 4) is 0 Å². The molecule has 0 aliphatic heterocycles. The largest absolute Gasteiger partial charge is 0.508 e. The average Bonchev–Trinajstić information content (AvgIpc) is 2.01. The van der Waals surface area contributed by atoms with Crippen LogP contribution < -0.4 is 5.73 Å². The molecule has 2 unspecified atom stereocenters. The van der Waals surface area contributed by atoms with Gasteiger partial charge in [-0.15, -0.1) is 0 Å². The third-order valence-electron chi connectivity index (χ3n) is 2.26. The second-order valence-corrected chi connectivity index (χ2v) is 4.08.